The van der Waals surface area contributed by atoms with Crippen molar-refractivity contribution in [2.75, 3.05) is 37.8 Å². The first-order chi connectivity index (χ1) is 19.8. The molecule has 1 aromatic carbocycles. The second-order valence-electron chi connectivity index (χ2n) is 12.3. The summed E-state index contributed by atoms with van der Waals surface area (Å²) in [6.45, 7) is 9.35. The number of carbonyl (C=O) groups is 3. The number of anilines is 1. The zero-order valence-electron chi connectivity index (χ0n) is 25.0. The largest absolute Gasteiger partial charge is 0.460 e. The standard InChI is InChI=1S/C29H38F4N4O6/c1-27(2,3)42-22(39)14-20(21(38)15-30)35-25(40)18-16-34-23-17(8-7-9-19(23)29(31,32)33)24(18)36-10-12-37(13-11-36)26(41)43-28(4,5)6/h7-9,16,20-21,38H,10-15H2,1-6H3,(H,35,40). The van der Waals surface area contributed by atoms with Crippen LogP contribution in [0.5, 0.6) is 0 Å². The van der Waals surface area contributed by atoms with Gasteiger partial charge in [-0.2, -0.15) is 13.2 Å². The summed E-state index contributed by atoms with van der Waals surface area (Å²) in [6.07, 6.45) is -6.62. The van der Waals surface area contributed by atoms with Crippen molar-refractivity contribution in [1.29, 1.82) is 0 Å². The average molecular weight is 615 g/mol. The topological polar surface area (TPSA) is 121 Å². The van der Waals surface area contributed by atoms with Crippen LogP contribution in [-0.4, -0.2) is 89.2 Å². The monoisotopic (exact) mass is 614 g/mol. The van der Waals surface area contributed by atoms with Gasteiger partial charge in [-0.15, -0.1) is 0 Å². The van der Waals surface area contributed by atoms with Crippen molar-refractivity contribution in [3.8, 4) is 0 Å². The van der Waals surface area contributed by atoms with E-state index in [0.29, 0.717) is 0 Å². The summed E-state index contributed by atoms with van der Waals surface area (Å²) in [5.41, 5.74) is -3.03. The number of ether oxygens (including phenoxy) is 2. The number of nitrogens with one attached hydrogen (secondary N) is 1. The lowest BCUT2D eigenvalue weighted by Gasteiger charge is -2.38. The molecule has 0 bridgehead atoms. The van der Waals surface area contributed by atoms with Gasteiger partial charge in [-0.05, 0) is 47.6 Å². The molecule has 2 heterocycles. The highest BCUT2D eigenvalue weighted by atomic mass is 19.4. The number of amides is 2. The number of alkyl halides is 4. The van der Waals surface area contributed by atoms with E-state index in [-0.39, 0.29) is 48.3 Å². The number of aliphatic hydroxyl groups is 1. The van der Waals surface area contributed by atoms with E-state index in [9.17, 15) is 37.1 Å². The van der Waals surface area contributed by atoms with Crippen molar-refractivity contribution in [3.05, 3.63) is 35.5 Å². The molecule has 1 aromatic heterocycles. The third kappa shape index (κ3) is 8.91. The number of esters is 1. The van der Waals surface area contributed by atoms with Gasteiger partial charge >= 0.3 is 18.2 Å². The molecule has 2 unspecified atom stereocenters. The van der Waals surface area contributed by atoms with E-state index in [1.54, 1.807) is 46.4 Å². The van der Waals surface area contributed by atoms with Gasteiger partial charge in [0.25, 0.3) is 5.91 Å². The van der Waals surface area contributed by atoms with Gasteiger partial charge in [0.05, 0.1) is 34.8 Å². The summed E-state index contributed by atoms with van der Waals surface area (Å²) in [5.74, 6) is -1.69. The van der Waals surface area contributed by atoms with Crippen LogP contribution >= 0.6 is 0 Å². The van der Waals surface area contributed by atoms with Crippen LogP contribution in [-0.2, 0) is 20.4 Å². The fourth-order valence-corrected chi connectivity index (χ4v) is 4.58. The van der Waals surface area contributed by atoms with Gasteiger partial charge in [0.15, 0.2) is 0 Å². The quantitative estimate of drug-likeness (QED) is 0.346. The minimum Gasteiger partial charge on any atom is -0.460 e. The summed E-state index contributed by atoms with van der Waals surface area (Å²) in [6, 6.07) is 2.08. The number of pyridine rings is 1. The fraction of sp³-hybridized carbons (Fsp3) is 0.586. The molecule has 3 rings (SSSR count). The van der Waals surface area contributed by atoms with Gasteiger partial charge in [0.2, 0.25) is 0 Å². The Labute approximate surface area is 247 Å². The highest BCUT2D eigenvalue weighted by molar-refractivity contribution is 6.08. The summed E-state index contributed by atoms with van der Waals surface area (Å²) < 4.78 is 65.8. The van der Waals surface area contributed by atoms with E-state index >= 15 is 0 Å². The van der Waals surface area contributed by atoms with E-state index in [0.717, 1.165) is 12.3 Å². The number of hydrogen-bond acceptors (Lipinski definition) is 8. The molecule has 0 aliphatic carbocycles. The second-order valence-corrected chi connectivity index (χ2v) is 12.3. The normalized spacial score (nSPS) is 16.1. The Bertz CT molecular complexity index is 1330. The fourth-order valence-electron chi connectivity index (χ4n) is 4.58. The summed E-state index contributed by atoms with van der Waals surface area (Å²) >= 11 is 0. The highest BCUT2D eigenvalue weighted by Crippen LogP contribution is 2.38. The van der Waals surface area contributed by atoms with Crippen molar-refractivity contribution in [2.24, 2.45) is 0 Å². The molecule has 2 N–H and O–H groups in total. The summed E-state index contributed by atoms with van der Waals surface area (Å²) in [7, 11) is 0. The van der Waals surface area contributed by atoms with Crippen molar-refractivity contribution >= 4 is 34.6 Å². The molecule has 0 spiro atoms. The number of piperazine rings is 1. The van der Waals surface area contributed by atoms with Crippen LogP contribution in [0.15, 0.2) is 24.4 Å². The van der Waals surface area contributed by atoms with Crippen LogP contribution in [0.2, 0.25) is 0 Å². The van der Waals surface area contributed by atoms with Crippen LogP contribution in [0.3, 0.4) is 0 Å². The van der Waals surface area contributed by atoms with Crippen LogP contribution in [0.1, 0.15) is 63.9 Å². The number of para-hydroxylation sites is 1. The number of nitrogens with zero attached hydrogens (tertiary/aromatic N) is 3. The minimum atomic E-state index is -4.73. The second kappa shape index (κ2) is 12.9. The van der Waals surface area contributed by atoms with Crippen molar-refractivity contribution < 1.29 is 46.5 Å². The van der Waals surface area contributed by atoms with Gasteiger partial charge < -0.3 is 29.7 Å². The number of aliphatic hydroxyl groups excluding tert-OH is 1. The van der Waals surface area contributed by atoms with Gasteiger partial charge in [0, 0.05) is 37.8 Å². The maximum atomic E-state index is 13.9. The van der Waals surface area contributed by atoms with Gasteiger partial charge in [0.1, 0.15) is 24.0 Å². The number of hydrogen-bond donors (Lipinski definition) is 2. The molecule has 14 heteroatoms. The molecule has 1 aliphatic heterocycles. The van der Waals surface area contributed by atoms with Crippen LogP contribution in [0.4, 0.5) is 28.0 Å². The Kier molecular flexibility index (Phi) is 10.1. The Balaban J connectivity index is 2.01. The van der Waals surface area contributed by atoms with Crippen molar-refractivity contribution in [3.63, 3.8) is 0 Å². The molecule has 0 radical (unpaired) electrons. The van der Waals surface area contributed by atoms with E-state index in [1.807, 2.05) is 0 Å². The number of rotatable bonds is 7. The number of halogens is 4. The van der Waals surface area contributed by atoms with Crippen LogP contribution in [0, 0.1) is 0 Å². The number of aromatic nitrogens is 1. The maximum Gasteiger partial charge on any atom is 0.418 e. The summed E-state index contributed by atoms with van der Waals surface area (Å²) in [5, 5.41) is 12.7. The molecule has 10 nitrogen and oxygen atoms in total. The van der Waals surface area contributed by atoms with Gasteiger partial charge in [-0.3, -0.25) is 14.6 Å². The molecule has 0 saturated carbocycles. The predicted molar refractivity (Wildman–Crippen MR) is 150 cm³/mol. The number of benzene rings is 1. The van der Waals surface area contributed by atoms with E-state index in [2.05, 4.69) is 10.3 Å². The molecule has 1 saturated heterocycles. The lowest BCUT2D eigenvalue weighted by atomic mass is 10.0. The van der Waals surface area contributed by atoms with E-state index in [4.69, 9.17) is 9.47 Å². The Morgan fingerprint density at radius 2 is 1.60 bits per heavy atom. The third-order valence-electron chi connectivity index (χ3n) is 6.41. The first-order valence-corrected chi connectivity index (χ1v) is 13.8. The van der Waals surface area contributed by atoms with Gasteiger partial charge in [-0.25, -0.2) is 9.18 Å². The Hall–Kier alpha value is -3.68. The molecule has 2 amide bonds. The Morgan fingerprint density at radius 1 is 1.00 bits per heavy atom. The predicted octanol–water partition coefficient (Wildman–Crippen LogP) is 4.47. The first kappa shape index (κ1) is 33.8. The minimum absolute atomic E-state index is 0.0305. The van der Waals surface area contributed by atoms with Gasteiger partial charge in [-0.1, -0.05) is 12.1 Å². The molecule has 238 valence electrons. The highest BCUT2D eigenvalue weighted by Gasteiger charge is 2.36. The molecule has 2 atom stereocenters. The lowest BCUT2D eigenvalue weighted by Crippen LogP contribution is -2.51. The first-order valence-electron chi connectivity index (χ1n) is 13.8. The maximum absolute atomic E-state index is 13.9. The average Bonchev–Trinajstić information content (AvgIpc) is 2.88. The third-order valence-corrected chi connectivity index (χ3v) is 6.41. The molecular formula is C29H38F4N4O6. The lowest BCUT2D eigenvalue weighted by molar-refractivity contribution is -0.156. The van der Waals surface area contributed by atoms with E-state index in [1.165, 1.54) is 17.0 Å². The van der Waals surface area contributed by atoms with E-state index < -0.39 is 66.2 Å². The smallest absolute Gasteiger partial charge is 0.418 e. The van der Waals surface area contributed by atoms with Crippen molar-refractivity contribution in [1.82, 2.24) is 15.2 Å². The molecule has 2 aromatic rings. The summed E-state index contributed by atoms with van der Waals surface area (Å²) in [4.78, 5) is 45.7. The molecular weight excluding hydrogens is 576 g/mol. The zero-order chi connectivity index (χ0) is 32.3. The number of fused-ring (bicyclic) bond motifs is 1. The molecule has 43 heavy (non-hydrogen) atoms. The SMILES string of the molecule is CC(C)(C)OC(=O)CC(NC(=O)c1cnc2c(C(F)(F)F)cccc2c1N1CCN(C(=O)OC(C)(C)C)CC1)C(O)CF. The Morgan fingerprint density at radius 3 is 2.14 bits per heavy atom. The molecule has 1 fully saturated rings. The zero-order valence-corrected chi connectivity index (χ0v) is 25.0. The van der Waals surface area contributed by atoms with Crippen LogP contribution in [0.25, 0.3) is 10.9 Å². The van der Waals surface area contributed by atoms with Crippen molar-refractivity contribution in [2.45, 2.75) is 77.5 Å². The van der Waals surface area contributed by atoms with Crippen LogP contribution < -0.4 is 10.2 Å². The number of carbonyl (C=O) groups excluding carboxylic acids is 3. The molecule has 1 aliphatic rings.